The van der Waals surface area contributed by atoms with Crippen molar-refractivity contribution in [2.24, 2.45) is 0 Å². The zero-order valence-electron chi connectivity index (χ0n) is 14.8. The van der Waals surface area contributed by atoms with E-state index in [-0.39, 0.29) is 0 Å². The number of nitrogens with one attached hydrogen (secondary N) is 1. The fourth-order valence-electron chi connectivity index (χ4n) is 2.02. The summed E-state index contributed by atoms with van der Waals surface area (Å²) < 4.78 is 49.9. The van der Waals surface area contributed by atoms with Gasteiger partial charge in [-0.2, -0.15) is 0 Å². The van der Waals surface area contributed by atoms with Gasteiger partial charge in [-0.1, -0.05) is 0 Å². The summed E-state index contributed by atoms with van der Waals surface area (Å²) in [6.45, 7) is 4.72. The van der Waals surface area contributed by atoms with Crippen LogP contribution in [0.1, 0.15) is 45.2 Å². The van der Waals surface area contributed by atoms with Gasteiger partial charge in [0, 0.05) is 0 Å². The first kappa shape index (κ1) is 20.0. The third kappa shape index (κ3) is 4.87. The van der Waals surface area contributed by atoms with Crippen molar-refractivity contribution in [2.45, 2.75) is 50.4 Å². The van der Waals surface area contributed by atoms with Crippen molar-refractivity contribution < 1.29 is 31.9 Å². The van der Waals surface area contributed by atoms with E-state index in [1.807, 2.05) is 0 Å². The number of hydrogen-bond donors (Lipinski definition) is 1. The Hall–Kier alpha value is -2.30. The van der Waals surface area contributed by atoms with E-state index in [9.17, 15) is 22.4 Å². The molecule has 1 aromatic heterocycles. The lowest BCUT2D eigenvalue weighted by Crippen LogP contribution is -2.33. The first-order valence-electron chi connectivity index (χ1n) is 7.79. The Morgan fingerprint density at radius 3 is 2.42 bits per heavy atom. The highest BCUT2D eigenvalue weighted by Crippen LogP contribution is 2.29. The van der Waals surface area contributed by atoms with E-state index in [1.165, 1.54) is 0 Å². The average molecular weight is 389 g/mol. The highest BCUT2D eigenvalue weighted by Gasteiger charge is 2.39. The molecule has 1 aliphatic rings. The fourth-order valence-corrected chi connectivity index (χ4v) is 3.30. The van der Waals surface area contributed by atoms with Gasteiger partial charge in [0.25, 0.3) is 0 Å². The number of ether oxygens (including phenoxy) is 2. The van der Waals surface area contributed by atoms with Crippen LogP contribution in [0.4, 0.5) is 10.3 Å². The van der Waals surface area contributed by atoms with E-state index < -0.39 is 56.2 Å². The molecule has 11 heteroatoms. The number of anilines is 1. The number of rotatable bonds is 6. The third-order valence-electron chi connectivity index (χ3n) is 3.32. The molecule has 0 spiro atoms. The Bertz CT molecular complexity index is 817. The lowest BCUT2D eigenvalue weighted by Gasteiger charge is -2.23. The molecule has 1 saturated carbocycles. The molecule has 0 bridgehead atoms. The van der Waals surface area contributed by atoms with Gasteiger partial charge in [-0.05, 0) is 33.6 Å². The molecule has 9 nitrogen and oxygen atoms in total. The Balaban J connectivity index is 2.39. The Labute approximate surface area is 150 Å². The summed E-state index contributed by atoms with van der Waals surface area (Å²) in [6.07, 6.45) is 1.69. The van der Waals surface area contributed by atoms with Crippen LogP contribution in [0.5, 0.6) is 0 Å². The molecule has 26 heavy (non-hydrogen) atoms. The zero-order chi connectivity index (χ0) is 19.7. The lowest BCUT2D eigenvalue weighted by atomic mass is 10.0. The quantitative estimate of drug-likeness (QED) is 0.567. The summed E-state index contributed by atoms with van der Waals surface area (Å²) in [4.78, 5) is 31.6. The smallest absolute Gasteiger partial charge is 0.327 e. The highest BCUT2D eigenvalue weighted by molar-refractivity contribution is 7.93. The van der Waals surface area contributed by atoms with Crippen LogP contribution >= 0.6 is 0 Å². The van der Waals surface area contributed by atoms with Crippen LogP contribution in [0.3, 0.4) is 0 Å². The second-order valence-corrected chi connectivity index (χ2v) is 8.72. The number of aromatic nitrogens is 2. The molecule has 2 rings (SSSR count). The van der Waals surface area contributed by atoms with Crippen LogP contribution in [-0.4, -0.2) is 48.3 Å². The average Bonchev–Trinajstić information content (AvgIpc) is 3.33. The molecule has 0 aromatic carbocycles. The van der Waals surface area contributed by atoms with E-state index in [0.717, 1.165) is 7.11 Å². The van der Waals surface area contributed by atoms with Crippen molar-refractivity contribution in [3.8, 4) is 0 Å². The standard InChI is InChI=1S/C15H20FN3O6S/c1-15(2,3)25-13(21)10(12(20)24-4)11-9(16)7-17-14(18-11)19-26(22,23)8-5-6-8/h7-8,10H,5-6H2,1-4H3,(H,17,18,19). The summed E-state index contributed by atoms with van der Waals surface area (Å²) in [5.74, 6) is -5.48. The van der Waals surface area contributed by atoms with E-state index in [2.05, 4.69) is 19.4 Å². The molecule has 1 unspecified atom stereocenters. The molecule has 1 aromatic rings. The molecule has 144 valence electrons. The fraction of sp³-hybridized carbons (Fsp3) is 0.600. The zero-order valence-corrected chi connectivity index (χ0v) is 15.6. The van der Waals surface area contributed by atoms with Crippen molar-refractivity contribution in [3.63, 3.8) is 0 Å². The van der Waals surface area contributed by atoms with Crippen LogP contribution < -0.4 is 4.72 Å². The first-order chi connectivity index (χ1) is 11.9. The van der Waals surface area contributed by atoms with E-state index >= 15 is 0 Å². The Morgan fingerprint density at radius 2 is 1.92 bits per heavy atom. The van der Waals surface area contributed by atoms with Crippen LogP contribution in [0.15, 0.2) is 6.20 Å². The number of hydrogen-bond acceptors (Lipinski definition) is 8. The molecule has 0 radical (unpaired) electrons. The maximum absolute atomic E-state index is 14.2. The Morgan fingerprint density at radius 1 is 1.31 bits per heavy atom. The maximum atomic E-state index is 14.2. The molecule has 0 amide bonds. The molecule has 1 fully saturated rings. The van der Waals surface area contributed by atoms with Crippen LogP contribution in [-0.2, 0) is 29.1 Å². The minimum absolute atomic E-state index is 0.439. The number of esters is 2. The van der Waals surface area contributed by atoms with Crippen molar-refractivity contribution in [1.29, 1.82) is 0 Å². The normalized spacial score (nSPS) is 15.9. The SMILES string of the molecule is COC(=O)C(C(=O)OC(C)(C)C)c1nc(NS(=O)(=O)C2CC2)ncc1F. The van der Waals surface area contributed by atoms with Crippen molar-refractivity contribution in [2.75, 3.05) is 11.8 Å². The number of sulfonamides is 1. The molecule has 1 atom stereocenters. The molecule has 1 aliphatic carbocycles. The minimum atomic E-state index is -3.70. The largest absolute Gasteiger partial charge is 0.468 e. The van der Waals surface area contributed by atoms with E-state index in [1.54, 1.807) is 20.8 Å². The summed E-state index contributed by atoms with van der Waals surface area (Å²) in [5, 5.41) is -0.554. The molecular formula is C15H20FN3O6S. The van der Waals surface area contributed by atoms with Crippen LogP contribution in [0.2, 0.25) is 0 Å². The van der Waals surface area contributed by atoms with Gasteiger partial charge in [-0.15, -0.1) is 0 Å². The number of methoxy groups -OCH3 is 1. The topological polar surface area (TPSA) is 125 Å². The van der Waals surface area contributed by atoms with Gasteiger partial charge in [-0.3, -0.25) is 14.3 Å². The second kappa shape index (κ2) is 7.14. The van der Waals surface area contributed by atoms with E-state index in [0.29, 0.717) is 19.0 Å². The van der Waals surface area contributed by atoms with Crippen molar-refractivity contribution in [3.05, 3.63) is 17.7 Å². The first-order valence-corrected chi connectivity index (χ1v) is 9.34. The van der Waals surface area contributed by atoms with Gasteiger partial charge in [0.1, 0.15) is 11.3 Å². The van der Waals surface area contributed by atoms with Gasteiger partial charge in [0.15, 0.2) is 11.7 Å². The summed E-state index contributed by atoms with van der Waals surface area (Å²) >= 11 is 0. The predicted molar refractivity (Wildman–Crippen MR) is 88.2 cm³/mol. The van der Waals surface area contributed by atoms with Gasteiger partial charge >= 0.3 is 11.9 Å². The van der Waals surface area contributed by atoms with Crippen LogP contribution in [0.25, 0.3) is 0 Å². The molecule has 1 N–H and O–H groups in total. The second-order valence-electron chi connectivity index (χ2n) is 6.76. The summed E-state index contributed by atoms with van der Waals surface area (Å²) in [7, 11) is -2.68. The molecule has 0 saturated heterocycles. The minimum Gasteiger partial charge on any atom is -0.468 e. The van der Waals surface area contributed by atoms with Crippen molar-refractivity contribution in [1.82, 2.24) is 9.97 Å². The monoisotopic (exact) mass is 389 g/mol. The molecular weight excluding hydrogens is 369 g/mol. The van der Waals surface area contributed by atoms with Gasteiger partial charge in [0.05, 0.1) is 18.6 Å². The van der Waals surface area contributed by atoms with Gasteiger partial charge in [0.2, 0.25) is 16.0 Å². The van der Waals surface area contributed by atoms with E-state index in [4.69, 9.17) is 4.74 Å². The third-order valence-corrected chi connectivity index (χ3v) is 5.14. The number of nitrogens with zero attached hydrogens (tertiary/aromatic N) is 2. The number of carbonyl (C=O) groups excluding carboxylic acids is 2. The van der Waals surface area contributed by atoms with Gasteiger partial charge in [-0.25, -0.2) is 22.8 Å². The molecule has 0 aliphatic heterocycles. The summed E-state index contributed by atoms with van der Waals surface area (Å²) in [5.41, 5.74) is -1.57. The summed E-state index contributed by atoms with van der Waals surface area (Å²) in [6, 6.07) is 0. The number of carbonyl (C=O) groups is 2. The van der Waals surface area contributed by atoms with Crippen molar-refractivity contribution >= 4 is 27.9 Å². The van der Waals surface area contributed by atoms with Crippen LogP contribution in [0, 0.1) is 5.82 Å². The van der Waals surface area contributed by atoms with Gasteiger partial charge < -0.3 is 9.47 Å². The predicted octanol–water partition coefficient (Wildman–Crippen LogP) is 1.12. The Kier molecular flexibility index (Phi) is 5.49. The maximum Gasteiger partial charge on any atom is 0.327 e. The highest BCUT2D eigenvalue weighted by atomic mass is 32.2. The molecule has 1 heterocycles. The number of halogens is 1. The lowest BCUT2D eigenvalue weighted by molar-refractivity contribution is -0.163.